The molecular weight excluding hydrogens is 351 g/mol. The van der Waals surface area contributed by atoms with E-state index in [2.05, 4.69) is 4.72 Å². The first-order valence-electron chi connectivity index (χ1n) is 7.08. The fourth-order valence-electron chi connectivity index (χ4n) is 2.09. The lowest BCUT2D eigenvalue weighted by atomic mass is 10.1. The molecule has 2 rings (SSSR count). The van der Waals surface area contributed by atoms with E-state index in [0.29, 0.717) is 5.56 Å². The number of benzene rings is 2. The molecule has 0 spiro atoms. The van der Waals surface area contributed by atoms with Gasteiger partial charge in [0.1, 0.15) is 10.8 Å². The fourth-order valence-corrected chi connectivity index (χ4v) is 3.36. The van der Waals surface area contributed by atoms with Crippen LogP contribution < -0.4 is 4.72 Å². The third-order valence-electron chi connectivity index (χ3n) is 3.44. The van der Waals surface area contributed by atoms with Crippen LogP contribution in [0.3, 0.4) is 0 Å². The van der Waals surface area contributed by atoms with Crippen molar-refractivity contribution >= 4 is 32.9 Å². The summed E-state index contributed by atoms with van der Waals surface area (Å²) in [5, 5.41) is 10.8. The van der Waals surface area contributed by atoms with Gasteiger partial charge in [-0.3, -0.25) is 9.93 Å². The average molecular weight is 368 g/mol. The summed E-state index contributed by atoms with van der Waals surface area (Å²) in [6, 6.07) is 10.7. The summed E-state index contributed by atoms with van der Waals surface area (Å²) in [6.07, 6.45) is 0. The second-order valence-electron chi connectivity index (χ2n) is 5.22. The standard InChI is InChI=1S/C16H17FN2O3S2/c1-11(19(20)12(2)23)13-4-3-5-16(10-13)24(21,22)18-15-8-6-14(17)7-9-15/h3-11,18,20H,1-2H3. The molecule has 2 aromatic carbocycles. The second kappa shape index (κ2) is 7.25. The zero-order valence-corrected chi connectivity index (χ0v) is 14.7. The smallest absolute Gasteiger partial charge is 0.261 e. The van der Waals surface area contributed by atoms with Crippen LogP contribution in [0.4, 0.5) is 10.1 Å². The lowest BCUT2D eigenvalue weighted by Crippen LogP contribution is -2.26. The van der Waals surface area contributed by atoms with Crippen LogP contribution in [0.5, 0.6) is 0 Å². The molecule has 0 fully saturated rings. The minimum atomic E-state index is -3.83. The van der Waals surface area contributed by atoms with Crippen molar-refractivity contribution in [2.75, 3.05) is 4.72 Å². The number of nitrogens with one attached hydrogen (secondary N) is 1. The summed E-state index contributed by atoms with van der Waals surface area (Å²) in [4.78, 5) is 0.312. The summed E-state index contributed by atoms with van der Waals surface area (Å²) in [5.74, 6) is -0.452. The van der Waals surface area contributed by atoms with E-state index in [1.54, 1.807) is 26.0 Å². The molecule has 5 nitrogen and oxygen atoms in total. The summed E-state index contributed by atoms with van der Waals surface area (Å²) in [5.41, 5.74) is 0.844. The molecule has 0 saturated carbocycles. The third kappa shape index (κ3) is 4.28. The lowest BCUT2D eigenvalue weighted by Gasteiger charge is -2.23. The van der Waals surface area contributed by atoms with Crippen LogP contribution in [0.25, 0.3) is 0 Å². The van der Waals surface area contributed by atoms with Crippen LogP contribution in [-0.2, 0) is 10.0 Å². The Hall–Kier alpha value is -2.03. The topological polar surface area (TPSA) is 69.6 Å². The molecular formula is C16H17FN2O3S2. The van der Waals surface area contributed by atoms with Crippen LogP contribution in [0, 0.1) is 5.82 Å². The predicted octanol–water partition coefficient (Wildman–Crippen LogP) is 3.73. The molecule has 0 aliphatic carbocycles. The van der Waals surface area contributed by atoms with Gasteiger partial charge in [-0.2, -0.15) is 0 Å². The largest absolute Gasteiger partial charge is 0.287 e. The minimum Gasteiger partial charge on any atom is -0.287 e. The Morgan fingerprint density at radius 2 is 1.88 bits per heavy atom. The first kappa shape index (κ1) is 18.3. The summed E-state index contributed by atoms with van der Waals surface area (Å²) in [7, 11) is -3.83. The van der Waals surface area contributed by atoms with Crippen molar-refractivity contribution in [3.8, 4) is 0 Å². The molecule has 0 aliphatic heterocycles. The Labute approximate surface area is 145 Å². The van der Waals surface area contributed by atoms with E-state index in [1.165, 1.54) is 36.4 Å². The Kier molecular flexibility index (Phi) is 5.53. The van der Waals surface area contributed by atoms with E-state index in [4.69, 9.17) is 12.2 Å². The van der Waals surface area contributed by atoms with Gasteiger partial charge >= 0.3 is 0 Å². The van der Waals surface area contributed by atoms with Crippen molar-refractivity contribution in [1.82, 2.24) is 5.06 Å². The van der Waals surface area contributed by atoms with Gasteiger partial charge in [-0.15, -0.1) is 0 Å². The number of thiocarbonyl (C=S) groups is 1. The molecule has 0 heterocycles. The van der Waals surface area contributed by atoms with E-state index >= 15 is 0 Å². The van der Waals surface area contributed by atoms with Gasteiger partial charge in [0, 0.05) is 5.69 Å². The van der Waals surface area contributed by atoms with Gasteiger partial charge in [-0.1, -0.05) is 24.4 Å². The fraction of sp³-hybridized carbons (Fsp3) is 0.188. The van der Waals surface area contributed by atoms with Crippen molar-refractivity contribution < 1.29 is 18.0 Å². The van der Waals surface area contributed by atoms with Gasteiger partial charge in [0.2, 0.25) is 0 Å². The van der Waals surface area contributed by atoms with Crippen LogP contribution in [0.2, 0.25) is 0 Å². The van der Waals surface area contributed by atoms with Crippen molar-refractivity contribution in [3.63, 3.8) is 0 Å². The number of rotatable bonds is 5. The monoisotopic (exact) mass is 368 g/mol. The number of hydrogen-bond acceptors (Lipinski definition) is 4. The van der Waals surface area contributed by atoms with Gasteiger partial charge in [0.25, 0.3) is 10.0 Å². The molecule has 24 heavy (non-hydrogen) atoms. The highest BCUT2D eigenvalue weighted by molar-refractivity contribution is 7.92. The highest BCUT2D eigenvalue weighted by Crippen LogP contribution is 2.23. The third-order valence-corrected chi connectivity index (χ3v) is 5.00. The molecule has 8 heteroatoms. The Bertz CT molecular complexity index is 839. The number of anilines is 1. The van der Waals surface area contributed by atoms with Crippen LogP contribution >= 0.6 is 12.2 Å². The summed E-state index contributed by atoms with van der Waals surface area (Å²) >= 11 is 4.91. The van der Waals surface area contributed by atoms with E-state index < -0.39 is 21.9 Å². The van der Waals surface area contributed by atoms with Crippen LogP contribution in [0.15, 0.2) is 53.4 Å². The quantitative estimate of drug-likeness (QED) is 0.622. The zero-order valence-electron chi connectivity index (χ0n) is 13.1. The molecule has 0 saturated heterocycles. The van der Waals surface area contributed by atoms with Gasteiger partial charge in [0.15, 0.2) is 0 Å². The van der Waals surface area contributed by atoms with E-state index in [9.17, 15) is 18.0 Å². The SMILES string of the molecule is CC(=S)N(O)C(C)c1cccc(S(=O)(=O)Nc2ccc(F)cc2)c1. The van der Waals surface area contributed by atoms with Crippen LogP contribution in [0.1, 0.15) is 25.5 Å². The number of sulfonamides is 1. The van der Waals surface area contributed by atoms with Crippen molar-refractivity contribution in [1.29, 1.82) is 0 Å². The second-order valence-corrected chi connectivity index (χ2v) is 7.50. The van der Waals surface area contributed by atoms with E-state index in [0.717, 1.165) is 5.06 Å². The number of halogens is 1. The first-order valence-corrected chi connectivity index (χ1v) is 8.97. The maximum atomic E-state index is 12.9. The number of nitrogens with zero attached hydrogens (tertiary/aromatic N) is 1. The lowest BCUT2D eigenvalue weighted by molar-refractivity contribution is -0.0469. The molecule has 2 N–H and O–H groups in total. The zero-order chi connectivity index (χ0) is 17.9. The Balaban J connectivity index is 2.29. The molecule has 1 atom stereocenters. The maximum absolute atomic E-state index is 12.9. The normalized spacial score (nSPS) is 12.5. The van der Waals surface area contributed by atoms with Crippen LogP contribution in [-0.4, -0.2) is 23.7 Å². The average Bonchev–Trinajstić information content (AvgIpc) is 2.55. The maximum Gasteiger partial charge on any atom is 0.261 e. The molecule has 2 aromatic rings. The Morgan fingerprint density at radius 1 is 1.25 bits per heavy atom. The first-order chi connectivity index (χ1) is 11.2. The predicted molar refractivity (Wildman–Crippen MR) is 94.0 cm³/mol. The molecule has 1 unspecified atom stereocenters. The molecule has 0 radical (unpaired) electrons. The van der Waals surface area contributed by atoms with Gasteiger partial charge in [0.05, 0.1) is 10.9 Å². The molecule has 0 aliphatic rings. The van der Waals surface area contributed by atoms with E-state index in [-0.39, 0.29) is 15.6 Å². The molecule has 0 bridgehead atoms. The van der Waals surface area contributed by atoms with Crippen molar-refractivity contribution in [2.45, 2.75) is 24.8 Å². The summed E-state index contributed by atoms with van der Waals surface area (Å²) < 4.78 is 40.2. The molecule has 0 aromatic heterocycles. The minimum absolute atomic E-state index is 0.0339. The van der Waals surface area contributed by atoms with Gasteiger partial charge in [-0.05, 0) is 55.8 Å². The Morgan fingerprint density at radius 3 is 2.46 bits per heavy atom. The highest BCUT2D eigenvalue weighted by Gasteiger charge is 2.19. The molecule has 128 valence electrons. The molecule has 0 amide bonds. The number of hydrogen-bond donors (Lipinski definition) is 2. The highest BCUT2D eigenvalue weighted by atomic mass is 32.2. The van der Waals surface area contributed by atoms with Gasteiger partial charge < -0.3 is 0 Å². The van der Waals surface area contributed by atoms with Gasteiger partial charge in [-0.25, -0.2) is 17.9 Å². The van der Waals surface area contributed by atoms with E-state index in [1.807, 2.05) is 0 Å². The van der Waals surface area contributed by atoms with Crippen molar-refractivity contribution in [2.24, 2.45) is 0 Å². The summed E-state index contributed by atoms with van der Waals surface area (Å²) in [6.45, 7) is 3.28. The number of hydroxylamine groups is 2. The van der Waals surface area contributed by atoms with Crippen molar-refractivity contribution in [3.05, 3.63) is 59.9 Å².